The molecular weight excluding hydrogens is 285 g/mol. The van der Waals surface area contributed by atoms with Gasteiger partial charge in [-0.15, -0.1) is 11.3 Å². The maximum absolute atomic E-state index is 12.4. The van der Waals surface area contributed by atoms with Crippen LogP contribution in [0.4, 0.5) is 13.2 Å². The molecule has 20 heavy (non-hydrogen) atoms. The molecule has 0 saturated carbocycles. The van der Waals surface area contributed by atoms with Crippen LogP contribution in [-0.2, 0) is 19.0 Å². The Labute approximate surface area is 119 Å². The highest BCUT2D eigenvalue weighted by atomic mass is 32.1. The number of halogens is 3. The SMILES string of the molecule is NCCCc1csc(Cc2ccc(C(F)(F)F)cc2)n1. The Balaban J connectivity index is 2.01. The van der Waals surface area contributed by atoms with E-state index in [0.717, 1.165) is 41.2 Å². The number of aromatic nitrogens is 1. The van der Waals surface area contributed by atoms with Gasteiger partial charge in [0.05, 0.1) is 16.3 Å². The van der Waals surface area contributed by atoms with Crippen molar-refractivity contribution in [3.8, 4) is 0 Å². The largest absolute Gasteiger partial charge is 0.416 e. The zero-order valence-electron chi connectivity index (χ0n) is 10.8. The third kappa shape index (κ3) is 4.05. The van der Waals surface area contributed by atoms with Crippen LogP contribution in [0.2, 0.25) is 0 Å². The number of benzene rings is 1. The molecule has 108 valence electrons. The molecule has 2 N–H and O–H groups in total. The fraction of sp³-hybridized carbons (Fsp3) is 0.357. The quantitative estimate of drug-likeness (QED) is 0.915. The van der Waals surface area contributed by atoms with Crippen molar-refractivity contribution in [2.75, 3.05) is 6.54 Å². The number of hydrogen-bond acceptors (Lipinski definition) is 3. The maximum atomic E-state index is 12.4. The Morgan fingerprint density at radius 3 is 2.45 bits per heavy atom. The summed E-state index contributed by atoms with van der Waals surface area (Å²) in [4.78, 5) is 4.45. The molecule has 2 nitrogen and oxygen atoms in total. The van der Waals surface area contributed by atoms with Gasteiger partial charge in [0.2, 0.25) is 0 Å². The van der Waals surface area contributed by atoms with Gasteiger partial charge in [0.25, 0.3) is 0 Å². The first-order valence-corrected chi connectivity index (χ1v) is 7.16. The third-order valence-corrected chi connectivity index (χ3v) is 3.77. The van der Waals surface area contributed by atoms with E-state index >= 15 is 0 Å². The fourth-order valence-corrected chi connectivity index (χ4v) is 2.68. The third-order valence-electron chi connectivity index (χ3n) is 2.87. The van der Waals surface area contributed by atoms with Gasteiger partial charge < -0.3 is 5.73 Å². The summed E-state index contributed by atoms with van der Waals surface area (Å²) in [6.07, 6.45) is -1.98. The Morgan fingerprint density at radius 1 is 1.15 bits per heavy atom. The summed E-state index contributed by atoms with van der Waals surface area (Å²) in [7, 11) is 0. The van der Waals surface area contributed by atoms with Crippen LogP contribution >= 0.6 is 11.3 Å². The van der Waals surface area contributed by atoms with E-state index < -0.39 is 11.7 Å². The minimum atomic E-state index is -4.28. The molecule has 1 aromatic heterocycles. The van der Waals surface area contributed by atoms with Crippen LogP contribution < -0.4 is 5.73 Å². The predicted molar refractivity (Wildman–Crippen MR) is 73.7 cm³/mol. The fourth-order valence-electron chi connectivity index (χ4n) is 1.81. The second-order valence-corrected chi connectivity index (χ2v) is 5.44. The van der Waals surface area contributed by atoms with Gasteiger partial charge >= 0.3 is 6.18 Å². The van der Waals surface area contributed by atoms with Crippen LogP contribution in [0, 0.1) is 0 Å². The lowest BCUT2D eigenvalue weighted by atomic mass is 10.1. The minimum Gasteiger partial charge on any atom is -0.330 e. The lowest BCUT2D eigenvalue weighted by molar-refractivity contribution is -0.137. The first-order chi connectivity index (χ1) is 9.49. The first kappa shape index (κ1) is 15.0. The monoisotopic (exact) mass is 300 g/mol. The number of rotatable bonds is 5. The molecular formula is C14H15F3N2S. The average Bonchev–Trinajstić information content (AvgIpc) is 2.83. The summed E-state index contributed by atoms with van der Waals surface area (Å²) in [5.41, 5.74) is 6.65. The molecule has 0 atom stereocenters. The van der Waals surface area contributed by atoms with Crippen LogP contribution in [0.25, 0.3) is 0 Å². The summed E-state index contributed by atoms with van der Waals surface area (Å²) < 4.78 is 37.3. The zero-order valence-corrected chi connectivity index (χ0v) is 11.6. The summed E-state index contributed by atoms with van der Waals surface area (Å²) >= 11 is 1.53. The lowest BCUT2D eigenvalue weighted by Crippen LogP contribution is -2.04. The van der Waals surface area contributed by atoms with Gasteiger partial charge in [-0.1, -0.05) is 12.1 Å². The van der Waals surface area contributed by atoms with E-state index in [1.807, 2.05) is 5.38 Å². The molecule has 2 aromatic rings. The van der Waals surface area contributed by atoms with Crippen molar-refractivity contribution in [1.29, 1.82) is 0 Å². The molecule has 0 aliphatic carbocycles. The van der Waals surface area contributed by atoms with Gasteiger partial charge in [-0.3, -0.25) is 0 Å². The van der Waals surface area contributed by atoms with Crippen molar-refractivity contribution in [2.24, 2.45) is 5.73 Å². The topological polar surface area (TPSA) is 38.9 Å². The normalized spacial score (nSPS) is 11.8. The molecule has 0 aliphatic heterocycles. The van der Waals surface area contributed by atoms with Gasteiger partial charge in [0.1, 0.15) is 0 Å². The number of hydrogen-bond donors (Lipinski definition) is 1. The van der Waals surface area contributed by atoms with E-state index in [1.54, 1.807) is 0 Å². The van der Waals surface area contributed by atoms with E-state index in [9.17, 15) is 13.2 Å². The summed E-state index contributed by atoms with van der Waals surface area (Å²) in [6.45, 7) is 0.631. The summed E-state index contributed by atoms with van der Waals surface area (Å²) in [6, 6.07) is 5.23. The molecule has 1 aromatic carbocycles. The Morgan fingerprint density at radius 2 is 1.85 bits per heavy atom. The van der Waals surface area contributed by atoms with Gasteiger partial charge in [-0.05, 0) is 37.1 Å². The molecule has 0 radical (unpaired) electrons. The van der Waals surface area contributed by atoms with Gasteiger partial charge in [0, 0.05) is 11.8 Å². The molecule has 0 aliphatic rings. The Bertz CT molecular complexity index is 546. The second-order valence-electron chi connectivity index (χ2n) is 4.50. The average molecular weight is 300 g/mol. The highest BCUT2D eigenvalue weighted by molar-refractivity contribution is 7.09. The molecule has 0 spiro atoms. The number of thiazole rings is 1. The van der Waals surface area contributed by atoms with Crippen LogP contribution in [0.5, 0.6) is 0 Å². The minimum absolute atomic E-state index is 0.561. The van der Waals surface area contributed by atoms with Crippen LogP contribution in [-0.4, -0.2) is 11.5 Å². The van der Waals surface area contributed by atoms with E-state index in [1.165, 1.54) is 23.5 Å². The van der Waals surface area contributed by atoms with Gasteiger partial charge in [-0.25, -0.2) is 4.98 Å². The van der Waals surface area contributed by atoms with Crippen molar-refractivity contribution in [3.05, 3.63) is 51.5 Å². The number of nitrogens with zero attached hydrogens (tertiary/aromatic N) is 1. The van der Waals surface area contributed by atoms with Crippen molar-refractivity contribution >= 4 is 11.3 Å². The molecule has 2 rings (SSSR count). The summed E-state index contributed by atoms with van der Waals surface area (Å²) in [5, 5.41) is 2.89. The van der Waals surface area contributed by atoms with Crippen LogP contribution in [0.3, 0.4) is 0 Å². The van der Waals surface area contributed by atoms with Gasteiger partial charge in [-0.2, -0.15) is 13.2 Å². The number of alkyl halides is 3. The van der Waals surface area contributed by atoms with E-state index in [2.05, 4.69) is 4.98 Å². The van der Waals surface area contributed by atoms with Crippen molar-refractivity contribution in [2.45, 2.75) is 25.4 Å². The second kappa shape index (κ2) is 6.37. The smallest absolute Gasteiger partial charge is 0.330 e. The Hall–Kier alpha value is -1.40. The number of nitrogens with two attached hydrogens (primary N) is 1. The maximum Gasteiger partial charge on any atom is 0.416 e. The molecule has 0 bridgehead atoms. The van der Waals surface area contributed by atoms with Gasteiger partial charge in [0.15, 0.2) is 0 Å². The molecule has 1 heterocycles. The standard InChI is InChI=1S/C14H15F3N2S/c15-14(16,17)11-5-3-10(4-6-11)8-13-19-12(9-20-13)2-1-7-18/h3-6,9H,1-2,7-8,18H2. The van der Waals surface area contributed by atoms with Crippen molar-refractivity contribution in [3.63, 3.8) is 0 Å². The van der Waals surface area contributed by atoms with E-state index in [0.29, 0.717) is 13.0 Å². The van der Waals surface area contributed by atoms with Crippen LogP contribution in [0.1, 0.15) is 28.2 Å². The van der Waals surface area contributed by atoms with Crippen LogP contribution in [0.15, 0.2) is 29.6 Å². The number of aryl methyl sites for hydroxylation is 1. The molecule has 0 fully saturated rings. The zero-order chi connectivity index (χ0) is 14.6. The highest BCUT2D eigenvalue weighted by Gasteiger charge is 2.29. The van der Waals surface area contributed by atoms with Crippen molar-refractivity contribution in [1.82, 2.24) is 4.98 Å². The summed E-state index contributed by atoms with van der Waals surface area (Å²) in [5.74, 6) is 0. The van der Waals surface area contributed by atoms with E-state index in [-0.39, 0.29) is 0 Å². The Kier molecular flexibility index (Phi) is 4.77. The molecule has 0 unspecified atom stereocenters. The lowest BCUT2D eigenvalue weighted by Gasteiger charge is -2.06. The van der Waals surface area contributed by atoms with E-state index in [4.69, 9.17) is 5.73 Å². The molecule has 6 heteroatoms. The molecule has 0 saturated heterocycles. The molecule has 0 amide bonds. The highest BCUT2D eigenvalue weighted by Crippen LogP contribution is 2.29. The van der Waals surface area contributed by atoms with Crippen molar-refractivity contribution < 1.29 is 13.2 Å². The predicted octanol–water partition coefficient (Wildman–Crippen LogP) is 3.64. The first-order valence-electron chi connectivity index (χ1n) is 6.28.